The van der Waals surface area contributed by atoms with Crippen molar-refractivity contribution in [3.63, 3.8) is 0 Å². The van der Waals surface area contributed by atoms with Crippen LogP contribution in [0.3, 0.4) is 0 Å². The van der Waals surface area contributed by atoms with Crippen LogP contribution in [0.15, 0.2) is 9.52 Å². The molecule has 0 radical (unpaired) electrons. The monoisotopic (exact) mass is 392 g/mol. The largest absolute Gasteiger partial charge is 0.361 e. The SMILES string of the molecule is CCNC(=NCC1CC1)NCCc1c(C)noc1C.I. The molecular formula is C14H25IN4O. The molecular weight excluding hydrogens is 367 g/mol. The van der Waals surface area contributed by atoms with Gasteiger partial charge in [-0.1, -0.05) is 5.16 Å². The van der Waals surface area contributed by atoms with Crippen LogP contribution in [0, 0.1) is 19.8 Å². The van der Waals surface area contributed by atoms with E-state index < -0.39 is 0 Å². The van der Waals surface area contributed by atoms with Gasteiger partial charge in [-0.3, -0.25) is 4.99 Å². The van der Waals surface area contributed by atoms with Gasteiger partial charge in [-0.25, -0.2) is 0 Å². The summed E-state index contributed by atoms with van der Waals surface area (Å²) in [5.74, 6) is 2.65. The van der Waals surface area contributed by atoms with Crippen molar-refractivity contribution < 1.29 is 4.52 Å². The van der Waals surface area contributed by atoms with Crippen LogP contribution >= 0.6 is 24.0 Å². The summed E-state index contributed by atoms with van der Waals surface area (Å²) in [4.78, 5) is 4.59. The number of halogens is 1. The molecule has 0 aliphatic heterocycles. The minimum Gasteiger partial charge on any atom is -0.361 e. The lowest BCUT2D eigenvalue weighted by molar-refractivity contribution is 0.392. The first-order valence-electron chi connectivity index (χ1n) is 7.14. The zero-order valence-electron chi connectivity index (χ0n) is 12.5. The number of nitrogens with one attached hydrogen (secondary N) is 2. The molecule has 1 aromatic heterocycles. The minimum absolute atomic E-state index is 0. The Bertz CT molecular complexity index is 421. The van der Waals surface area contributed by atoms with Crippen LogP contribution in [-0.2, 0) is 6.42 Å². The summed E-state index contributed by atoms with van der Waals surface area (Å²) in [5.41, 5.74) is 2.18. The van der Waals surface area contributed by atoms with E-state index >= 15 is 0 Å². The van der Waals surface area contributed by atoms with Crippen LogP contribution < -0.4 is 10.6 Å². The van der Waals surface area contributed by atoms with E-state index in [-0.39, 0.29) is 24.0 Å². The predicted octanol–water partition coefficient (Wildman–Crippen LogP) is 2.42. The lowest BCUT2D eigenvalue weighted by Crippen LogP contribution is -2.38. The summed E-state index contributed by atoms with van der Waals surface area (Å²) < 4.78 is 5.16. The summed E-state index contributed by atoms with van der Waals surface area (Å²) in [6, 6.07) is 0. The first-order chi connectivity index (χ1) is 9.20. The molecule has 0 aromatic carbocycles. The Morgan fingerprint density at radius 3 is 2.65 bits per heavy atom. The lowest BCUT2D eigenvalue weighted by Gasteiger charge is -2.11. The second-order valence-electron chi connectivity index (χ2n) is 5.14. The van der Waals surface area contributed by atoms with E-state index in [0.717, 1.165) is 49.4 Å². The molecule has 0 bridgehead atoms. The third kappa shape index (κ3) is 5.30. The highest BCUT2D eigenvalue weighted by Gasteiger charge is 2.20. The summed E-state index contributed by atoms with van der Waals surface area (Å²) in [6.45, 7) is 8.71. The summed E-state index contributed by atoms with van der Waals surface area (Å²) in [6.07, 6.45) is 3.58. The van der Waals surface area contributed by atoms with E-state index in [1.807, 2.05) is 13.8 Å². The molecule has 2 rings (SSSR count). The van der Waals surface area contributed by atoms with Crippen LogP contribution in [0.1, 0.15) is 36.8 Å². The van der Waals surface area contributed by atoms with Gasteiger partial charge in [0.1, 0.15) is 5.76 Å². The summed E-state index contributed by atoms with van der Waals surface area (Å²) >= 11 is 0. The number of guanidine groups is 1. The van der Waals surface area contributed by atoms with Gasteiger partial charge in [-0.05, 0) is 46.0 Å². The molecule has 114 valence electrons. The maximum Gasteiger partial charge on any atom is 0.191 e. The smallest absolute Gasteiger partial charge is 0.191 e. The van der Waals surface area contributed by atoms with Gasteiger partial charge in [0, 0.05) is 25.2 Å². The van der Waals surface area contributed by atoms with Crippen molar-refractivity contribution in [3.8, 4) is 0 Å². The van der Waals surface area contributed by atoms with Crippen molar-refractivity contribution in [2.45, 2.75) is 40.0 Å². The van der Waals surface area contributed by atoms with Crippen molar-refractivity contribution in [2.24, 2.45) is 10.9 Å². The average Bonchev–Trinajstić information content (AvgIpc) is 3.16. The number of aromatic nitrogens is 1. The standard InChI is InChI=1S/C14H24N4O.HI/c1-4-15-14(17-9-12-5-6-12)16-8-7-13-10(2)18-19-11(13)3;/h12H,4-9H2,1-3H3,(H2,15,16,17);1H. The lowest BCUT2D eigenvalue weighted by atomic mass is 10.1. The highest BCUT2D eigenvalue weighted by atomic mass is 127. The van der Waals surface area contributed by atoms with Crippen LogP contribution in [0.4, 0.5) is 0 Å². The van der Waals surface area contributed by atoms with Gasteiger partial charge in [0.05, 0.1) is 5.69 Å². The highest BCUT2D eigenvalue weighted by molar-refractivity contribution is 14.0. The van der Waals surface area contributed by atoms with Crippen molar-refractivity contribution >= 4 is 29.9 Å². The van der Waals surface area contributed by atoms with E-state index in [0.29, 0.717) is 0 Å². The first-order valence-corrected chi connectivity index (χ1v) is 7.14. The molecule has 1 heterocycles. The molecule has 5 nitrogen and oxygen atoms in total. The maximum absolute atomic E-state index is 5.16. The number of aryl methyl sites for hydroxylation is 2. The van der Waals surface area contributed by atoms with Crippen molar-refractivity contribution in [1.29, 1.82) is 0 Å². The van der Waals surface area contributed by atoms with Gasteiger partial charge in [0.25, 0.3) is 0 Å². The molecule has 6 heteroatoms. The van der Waals surface area contributed by atoms with E-state index in [2.05, 4.69) is 27.7 Å². The quantitative estimate of drug-likeness (QED) is 0.444. The molecule has 1 aliphatic rings. The van der Waals surface area contributed by atoms with Gasteiger partial charge < -0.3 is 15.2 Å². The zero-order chi connectivity index (χ0) is 13.7. The zero-order valence-corrected chi connectivity index (χ0v) is 14.9. The number of nitrogens with zero attached hydrogens (tertiary/aromatic N) is 2. The Balaban J connectivity index is 0.00000200. The van der Waals surface area contributed by atoms with Gasteiger partial charge in [0.2, 0.25) is 0 Å². The van der Waals surface area contributed by atoms with Crippen LogP contribution in [0.5, 0.6) is 0 Å². The molecule has 1 fully saturated rings. The van der Waals surface area contributed by atoms with E-state index in [4.69, 9.17) is 4.52 Å². The number of hydrogen-bond acceptors (Lipinski definition) is 3. The normalized spacial score (nSPS) is 14.8. The third-order valence-corrected chi connectivity index (χ3v) is 3.40. The molecule has 20 heavy (non-hydrogen) atoms. The molecule has 2 N–H and O–H groups in total. The first kappa shape index (κ1) is 17.3. The fourth-order valence-corrected chi connectivity index (χ4v) is 2.03. The molecule has 1 saturated carbocycles. The van der Waals surface area contributed by atoms with Crippen molar-refractivity contribution in [2.75, 3.05) is 19.6 Å². The Kier molecular flexibility index (Phi) is 7.32. The highest BCUT2D eigenvalue weighted by Crippen LogP contribution is 2.28. The van der Waals surface area contributed by atoms with Gasteiger partial charge in [-0.15, -0.1) is 24.0 Å². The second kappa shape index (κ2) is 8.49. The Labute approximate surface area is 138 Å². The molecule has 0 amide bonds. The molecule has 1 aliphatic carbocycles. The van der Waals surface area contributed by atoms with Gasteiger partial charge >= 0.3 is 0 Å². The van der Waals surface area contributed by atoms with Crippen LogP contribution in [-0.4, -0.2) is 30.8 Å². The Hall–Kier alpha value is -0.790. The van der Waals surface area contributed by atoms with E-state index in [1.165, 1.54) is 18.4 Å². The fourth-order valence-electron chi connectivity index (χ4n) is 2.03. The van der Waals surface area contributed by atoms with Crippen LogP contribution in [0.2, 0.25) is 0 Å². The molecule has 0 atom stereocenters. The van der Waals surface area contributed by atoms with Gasteiger partial charge in [-0.2, -0.15) is 0 Å². The van der Waals surface area contributed by atoms with Crippen LogP contribution in [0.25, 0.3) is 0 Å². The van der Waals surface area contributed by atoms with E-state index in [9.17, 15) is 0 Å². The fraction of sp³-hybridized carbons (Fsp3) is 0.714. The third-order valence-electron chi connectivity index (χ3n) is 3.40. The predicted molar refractivity (Wildman–Crippen MR) is 91.8 cm³/mol. The maximum atomic E-state index is 5.16. The number of hydrogen-bond donors (Lipinski definition) is 2. The van der Waals surface area contributed by atoms with Crippen molar-refractivity contribution in [1.82, 2.24) is 15.8 Å². The summed E-state index contributed by atoms with van der Waals surface area (Å²) in [7, 11) is 0. The van der Waals surface area contributed by atoms with Crippen molar-refractivity contribution in [3.05, 3.63) is 17.0 Å². The molecule has 0 spiro atoms. The Morgan fingerprint density at radius 1 is 1.35 bits per heavy atom. The Morgan fingerprint density at radius 2 is 2.10 bits per heavy atom. The number of aliphatic imine (C=N–C) groups is 1. The average molecular weight is 392 g/mol. The molecule has 0 saturated heterocycles. The minimum atomic E-state index is 0. The molecule has 1 aromatic rings. The van der Waals surface area contributed by atoms with Gasteiger partial charge in [0.15, 0.2) is 5.96 Å². The molecule has 0 unspecified atom stereocenters. The topological polar surface area (TPSA) is 62.5 Å². The van der Waals surface area contributed by atoms with E-state index in [1.54, 1.807) is 0 Å². The second-order valence-corrected chi connectivity index (χ2v) is 5.14. The summed E-state index contributed by atoms with van der Waals surface area (Å²) in [5, 5.41) is 10.6. The number of rotatable bonds is 6.